The number of aromatic nitrogens is 4. The molecule has 52 heavy (non-hydrogen) atoms. The summed E-state index contributed by atoms with van der Waals surface area (Å²) in [5.41, 5.74) is 3.05. The Kier molecular flexibility index (Phi) is 9.14. The van der Waals surface area contributed by atoms with E-state index in [2.05, 4.69) is 32.1 Å². The Hall–Kier alpha value is -4.92. The van der Waals surface area contributed by atoms with Crippen LogP contribution in [0.15, 0.2) is 58.5 Å². The van der Waals surface area contributed by atoms with Crippen LogP contribution in [-0.4, -0.2) is 75.1 Å². The molecule has 12 nitrogen and oxygen atoms in total. The van der Waals surface area contributed by atoms with Gasteiger partial charge in [0.05, 0.1) is 43.0 Å². The number of rotatable bonds is 8. The highest BCUT2D eigenvalue weighted by atomic mass is 32.1. The predicted octanol–water partition coefficient (Wildman–Crippen LogP) is 4.94. The molecular weight excluding hydrogens is 686 g/mol. The SMILES string of the molecule is CC(=O)OCc1c(-c2cc(Nc3ccc(N4CCN(C5COC5)CC4C)cn3)c(=O)n(C)c2)cc(F)cc1-n1ncc2c3c(sc2c1=O)CCCC3. The Morgan fingerprint density at radius 1 is 1.10 bits per heavy atom. The van der Waals surface area contributed by atoms with Crippen molar-refractivity contribution in [2.24, 2.45) is 7.05 Å². The molecule has 8 rings (SSSR count). The van der Waals surface area contributed by atoms with Crippen molar-refractivity contribution < 1.29 is 18.7 Å². The fourth-order valence-corrected chi connectivity index (χ4v) is 8.86. The largest absolute Gasteiger partial charge is 0.461 e. The van der Waals surface area contributed by atoms with E-state index in [1.54, 1.807) is 31.7 Å². The van der Waals surface area contributed by atoms with Crippen molar-refractivity contribution in [3.63, 3.8) is 0 Å². The van der Waals surface area contributed by atoms with Crippen molar-refractivity contribution >= 4 is 44.6 Å². The van der Waals surface area contributed by atoms with Gasteiger partial charge in [0.1, 0.15) is 28.6 Å². The first kappa shape index (κ1) is 34.2. The Morgan fingerprint density at radius 2 is 1.92 bits per heavy atom. The number of anilines is 3. The lowest BCUT2D eigenvalue weighted by Crippen LogP contribution is -2.59. The van der Waals surface area contributed by atoms with Crippen molar-refractivity contribution in [3.8, 4) is 16.8 Å². The topological polar surface area (TPSA) is 124 Å². The summed E-state index contributed by atoms with van der Waals surface area (Å²) in [6, 6.07) is 8.79. The number of halogens is 1. The van der Waals surface area contributed by atoms with Gasteiger partial charge < -0.3 is 24.3 Å². The average molecular weight is 726 g/mol. The van der Waals surface area contributed by atoms with Crippen LogP contribution >= 0.6 is 11.3 Å². The van der Waals surface area contributed by atoms with Crippen LogP contribution in [0.4, 0.5) is 21.6 Å². The van der Waals surface area contributed by atoms with Crippen LogP contribution in [-0.2, 0) is 40.8 Å². The Balaban J connectivity index is 1.13. The molecule has 2 aliphatic heterocycles. The third-order valence-corrected chi connectivity index (χ3v) is 11.7. The normalized spacial score (nSPS) is 17.9. The standard InChI is InChI=1S/C38H40FN7O5S/c1-22-17-44(27-19-50-20-27)10-11-45(22)26-8-9-35(40-15-26)42-32-12-24(18-43(3)37(32)48)29-13-25(39)14-33(31(29)21-51-23(2)47)46-38(49)36-30(16-41-46)28-6-4-5-7-34(28)52-36/h8-9,12-16,18,22,27H,4-7,10-11,17,19-21H2,1-3H3,(H,40,42). The number of pyridine rings is 2. The predicted molar refractivity (Wildman–Crippen MR) is 198 cm³/mol. The fourth-order valence-electron chi connectivity index (χ4n) is 7.57. The summed E-state index contributed by atoms with van der Waals surface area (Å²) in [4.78, 5) is 50.0. The van der Waals surface area contributed by atoms with Gasteiger partial charge in [-0.05, 0) is 68.0 Å². The lowest BCUT2D eigenvalue weighted by Gasteiger charge is -2.46. The number of hydrogen-bond acceptors (Lipinski definition) is 11. The molecule has 4 aromatic heterocycles. The first-order valence-electron chi connectivity index (χ1n) is 17.7. The van der Waals surface area contributed by atoms with E-state index in [4.69, 9.17) is 9.47 Å². The molecule has 14 heteroatoms. The number of aryl methyl sites for hydroxylation is 3. The van der Waals surface area contributed by atoms with E-state index in [9.17, 15) is 14.4 Å². The van der Waals surface area contributed by atoms with Crippen LogP contribution < -0.4 is 21.3 Å². The number of nitrogens with zero attached hydrogens (tertiary/aromatic N) is 6. The van der Waals surface area contributed by atoms with Gasteiger partial charge in [-0.3, -0.25) is 19.3 Å². The number of carbonyl (C=O) groups excluding carboxylic acids is 1. The molecule has 1 unspecified atom stereocenters. The zero-order valence-electron chi connectivity index (χ0n) is 29.4. The molecule has 0 amide bonds. The molecule has 1 aliphatic carbocycles. The lowest BCUT2D eigenvalue weighted by molar-refractivity contribution is -0.142. The Bertz CT molecular complexity index is 2300. The molecule has 0 saturated carbocycles. The number of piperazine rings is 1. The summed E-state index contributed by atoms with van der Waals surface area (Å²) in [5, 5.41) is 8.50. The van der Waals surface area contributed by atoms with Gasteiger partial charge in [0.25, 0.3) is 11.1 Å². The number of thiophene rings is 1. The van der Waals surface area contributed by atoms with Crippen LogP contribution in [0.1, 0.15) is 42.7 Å². The highest BCUT2D eigenvalue weighted by Crippen LogP contribution is 2.36. The zero-order chi connectivity index (χ0) is 36.1. The number of nitrogens with one attached hydrogen (secondary N) is 1. The van der Waals surface area contributed by atoms with E-state index in [0.717, 1.165) is 69.6 Å². The number of ether oxygens (including phenoxy) is 2. The number of carbonyl (C=O) groups is 1. The summed E-state index contributed by atoms with van der Waals surface area (Å²) >= 11 is 1.47. The van der Waals surface area contributed by atoms with Crippen molar-refractivity contribution in [1.29, 1.82) is 0 Å². The zero-order valence-corrected chi connectivity index (χ0v) is 30.2. The molecule has 2 fully saturated rings. The number of hydrogen-bond donors (Lipinski definition) is 1. The second-order valence-corrected chi connectivity index (χ2v) is 15.0. The third kappa shape index (κ3) is 6.39. The van der Waals surface area contributed by atoms with E-state index < -0.39 is 11.8 Å². The maximum atomic E-state index is 15.6. The van der Waals surface area contributed by atoms with E-state index in [1.165, 1.54) is 50.1 Å². The third-order valence-electron chi connectivity index (χ3n) is 10.4. The van der Waals surface area contributed by atoms with Crippen molar-refractivity contribution in [1.82, 2.24) is 24.2 Å². The number of benzene rings is 1. The molecule has 0 bridgehead atoms. The molecule has 1 aromatic carbocycles. The maximum Gasteiger partial charge on any atom is 0.302 e. The monoisotopic (exact) mass is 725 g/mol. The van der Waals surface area contributed by atoms with E-state index in [-0.39, 0.29) is 29.1 Å². The minimum atomic E-state index is -0.618. The minimum Gasteiger partial charge on any atom is -0.461 e. The van der Waals surface area contributed by atoms with Gasteiger partial charge >= 0.3 is 5.97 Å². The van der Waals surface area contributed by atoms with Gasteiger partial charge in [-0.25, -0.2) is 9.37 Å². The van der Waals surface area contributed by atoms with Gasteiger partial charge in [-0.1, -0.05) is 0 Å². The van der Waals surface area contributed by atoms with Crippen molar-refractivity contribution in [2.45, 2.75) is 58.2 Å². The summed E-state index contributed by atoms with van der Waals surface area (Å²) in [6.07, 6.45) is 9.03. The van der Waals surface area contributed by atoms with Crippen LogP contribution in [0.3, 0.4) is 0 Å². The summed E-state index contributed by atoms with van der Waals surface area (Å²) < 4.78 is 29.6. The second-order valence-electron chi connectivity index (χ2n) is 13.9. The molecule has 6 heterocycles. The fraction of sp³-hybridized carbons (Fsp3) is 0.395. The molecule has 0 spiro atoms. The lowest BCUT2D eigenvalue weighted by atomic mass is 9.97. The van der Waals surface area contributed by atoms with Crippen LogP contribution in [0.2, 0.25) is 0 Å². The highest BCUT2D eigenvalue weighted by molar-refractivity contribution is 7.19. The first-order chi connectivity index (χ1) is 25.1. The Labute approximate surface area is 303 Å². The number of esters is 1. The molecule has 5 aromatic rings. The van der Waals surface area contributed by atoms with Crippen molar-refractivity contribution in [2.75, 3.05) is 43.1 Å². The summed E-state index contributed by atoms with van der Waals surface area (Å²) in [5.74, 6) is -0.685. The van der Waals surface area contributed by atoms with Gasteiger partial charge in [0.2, 0.25) is 0 Å². The Morgan fingerprint density at radius 3 is 2.65 bits per heavy atom. The second kappa shape index (κ2) is 13.9. The summed E-state index contributed by atoms with van der Waals surface area (Å²) in [6.45, 7) is 7.63. The molecule has 270 valence electrons. The van der Waals surface area contributed by atoms with Gasteiger partial charge in [-0.2, -0.15) is 9.78 Å². The number of fused-ring (bicyclic) bond motifs is 3. The van der Waals surface area contributed by atoms with Gasteiger partial charge in [-0.15, -0.1) is 11.3 Å². The smallest absolute Gasteiger partial charge is 0.302 e. The molecule has 1 N–H and O–H groups in total. The van der Waals surface area contributed by atoms with Crippen molar-refractivity contribution in [3.05, 3.63) is 91.5 Å². The van der Waals surface area contributed by atoms with Gasteiger partial charge in [0.15, 0.2) is 0 Å². The van der Waals surface area contributed by atoms with E-state index in [1.807, 2.05) is 12.1 Å². The minimum absolute atomic E-state index is 0.159. The van der Waals surface area contributed by atoms with Crippen LogP contribution in [0.25, 0.3) is 26.9 Å². The molecule has 1 atom stereocenters. The molecule has 2 saturated heterocycles. The van der Waals surface area contributed by atoms with E-state index >= 15 is 4.39 Å². The summed E-state index contributed by atoms with van der Waals surface area (Å²) in [7, 11) is 1.61. The molecular formula is C38H40FN7O5S. The molecule has 3 aliphatic rings. The maximum absolute atomic E-state index is 15.6. The van der Waals surface area contributed by atoms with Crippen LogP contribution in [0, 0.1) is 5.82 Å². The van der Waals surface area contributed by atoms with Gasteiger partial charge in [0, 0.05) is 73.3 Å². The molecule has 0 radical (unpaired) electrons. The highest BCUT2D eigenvalue weighted by Gasteiger charge is 2.32. The average Bonchev–Trinajstić information content (AvgIpc) is 3.49. The van der Waals surface area contributed by atoms with E-state index in [0.29, 0.717) is 39.3 Å². The quantitative estimate of drug-likeness (QED) is 0.220. The first-order valence-corrected chi connectivity index (χ1v) is 18.5. The van der Waals surface area contributed by atoms with Crippen LogP contribution in [0.5, 0.6) is 0 Å².